The Balaban J connectivity index is 1.41. The van der Waals surface area contributed by atoms with Crippen molar-refractivity contribution in [2.45, 2.75) is 46.0 Å². The lowest BCUT2D eigenvalue weighted by Gasteiger charge is -2.29. The minimum Gasteiger partial charge on any atom is -0.383 e. The van der Waals surface area contributed by atoms with Gasteiger partial charge >= 0.3 is 0 Å². The molecule has 4 aliphatic rings. The standard InChI is InChI=1S/C29H31N2/c1-20-10-4-3-5-14-27(20)31-28(30)25-12-7-6-11-22(25)15-16-24-21(2)18-23-19-29(23)17-9-8-13-26(24)29/h3-8,10-14,18,23H,9,15-17,19H2,1-2H3,(H2,30,31). The lowest BCUT2D eigenvalue weighted by molar-refractivity contribution is 0.509. The van der Waals surface area contributed by atoms with E-state index in [2.05, 4.69) is 62.4 Å². The Labute approximate surface area is 186 Å². The smallest absolute Gasteiger partial charge is 0.135 e. The molecule has 2 N–H and O–H groups in total. The molecule has 1 radical (unpaired) electrons. The van der Waals surface area contributed by atoms with Gasteiger partial charge in [-0.2, -0.15) is 0 Å². The van der Waals surface area contributed by atoms with Crippen molar-refractivity contribution in [3.05, 3.63) is 112 Å². The fraction of sp³-hybridized carbons (Fsp3) is 0.310. The third-order valence-corrected chi connectivity index (χ3v) is 7.37. The number of benzene rings is 1. The summed E-state index contributed by atoms with van der Waals surface area (Å²) in [6, 6.07) is 9.39. The Morgan fingerprint density at radius 1 is 1.06 bits per heavy atom. The molecule has 1 aromatic rings. The highest BCUT2D eigenvalue weighted by Gasteiger charge is 2.56. The molecular weight excluding hydrogens is 376 g/mol. The molecule has 0 aliphatic heterocycles. The first-order chi connectivity index (χ1) is 15.1. The molecule has 5 rings (SSSR count). The van der Waals surface area contributed by atoms with Crippen molar-refractivity contribution in [1.82, 2.24) is 0 Å². The molecular formula is C29H31N2. The van der Waals surface area contributed by atoms with Crippen LogP contribution in [0.25, 0.3) is 0 Å². The fourth-order valence-electron chi connectivity index (χ4n) is 5.53. The molecule has 4 aliphatic carbocycles. The lowest BCUT2D eigenvalue weighted by Crippen LogP contribution is -2.18. The molecule has 2 heteroatoms. The maximum absolute atomic E-state index is 6.52. The Bertz CT molecular complexity index is 1110. The zero-order chi connectivity index (χ0) is 21.4. The van der Waals surface area contributed by atoms with Crippen LogP contribution in [0.1, 0.15) is 50.7 Å². The molecule has 0 amide bonds. The Morgan fingerprint density at radius 3 is 2.84 bits per heavy atom. The van der Waals surface area contributed by atoms with Crippen LogP contribution in [0.5, 0.6) is 0 Å². The van der Waals surface area contributed by atoms with Gasteiger partial charge < -0.3 is 5.73 Å². The first-order valence-electron chi connectivity index (χ1n) is 11.5. The number of hydrogen-bond donors (Lipinski definition) is 1. The molecule has 31 heavy (non-hydrogen) atoms. The molecule has 1 saturated carbocycles. The first-order valence-corrected chi connectivity index (χ1v) is 11.5. The second-order valence-electron chi connectivity index (χ2n) is 9.28. The van der Waals surface area contributed by atoms with E-state index in [0.717, 1.165) is 35.9 Å². The number of rotatable bonds is 5. The highest BCUT2D eigenvalue weighted by molar-refractivity contribution is 5.99. The first kappa shape index (κ1) is 20.1. The molecule has 1 spiro atoms. The molecule has 0 aromatic heterocycles. The van der Waals surface area contributed by atoms with Gasteiger partial charge in [0.15, 0.2) is 0 Å². The van der Waals surface area contributed by atoms with E-state index in [4.69, 9.17) is 10.7 Å². The summed E-state index contributed by atoms with van der Waals surface area (Å²) >= 11 is 0. The van der Waals surface area contributed by atoms with Crippen molar-refractivity contribution in [2.75, 3.05) is 0 Å². The van der Waals surface area contributed by atoms with Crippen LogP contribution in [-0.2, 0) is 6.42 Å². The Hall–Kier alpha value is -2.87. The van der Waals surface area contributed by atoms with Crippen molar-refractivity contribution >= 4 is 5.84 Å². The molecule has 0 saturated heterocycles. The van der Waals surface area contributed by atoms with Crippen molar-refractivity contribution < 1.29 is 0 Å². The summed E-state index contributed by atoms with van der Waals surface area (Å²) in [5, 5.41) is 0. The van der Waals surface area contributed by atoms with Crippen molar-refractivity contribution in [3.8, 4) is 0 Å². The summed E-state index contributed by atoms with van der Waals surface area (Å²) in [6.07, 6.45) is 23.4. The highest BCUT2D eigenvalue weighted by atomic mass is 14.9. The molecule has 2 nitrogen and oxygen atoms in total. The minimum atomic E-state index is 0.462. The maximum atomic E-state index is 6.52. The van der Waals surface area contributed by atoms with Gasteiger partial charge in [-0.25, -0.2) is 4.99 Å². The van der Waals surface area contributed by atoms with Crippen LogP contribution in [0.3, 0.4) is 0 Å². The number of allylic oxidation sites excluding steroid dienone is 10. The van der Waals surface area contributed by atoms with Gasteiger partial charge in [0.2, 0.25) is 0 Å². The molecule has 2 unspecified atom stereocenters. The number of amidine groups is 1. The average molecular weight is 408 g/mol. The molecule has 1 fully saturated rings. The summed E-state index contributed by atoms with van der Waals surface area (Å²) in [5.41, 5.74) is 15.1. The van der Waals surface area contributed by atoms with E-state index in [1.165, 1.54) is 30.4 Å². The van der Waals surface area contributed by atoms with E-state index in [9.17, 15) is 0 Å². The maximum Gasteiger partial charge on any atom is 0.135 e. The summed E-state index contributed by atoms with van der Waals surface area (Å²) in [4.78, 5) is 4.78. The van der Waals surface area contributed by atoms with E-state index in [0.29, 0.717) is 11.3 Å². The summed E-state index contributed by atoms with van der Waals surface area (Å²) in [5.74, 6) is 1.37. The Kier molecular flexibility index (Phi) is 5.17. The van der Waals surface area contributed by atoms with Crippen LogP contribution in [0.4, 0.5) is 0 Å². The predicted octanol–water partition coefficient (Wildman–Crippen LogP) is 6.54. The van der Waals surface area contributed by atoms with Crippen molar-refractivity contribution in [1.29, 1.82) is 0 Å². The number of hydrogen-bond acceptors (Lipinski definition) is 1. The number of aryl methyl sites for hydroxylation is 1. The van der Waals surface area contributed by atoms with Gasteiger partial charge in [-0.15, -0.1) is 0 Å². The van der Waals surface area contributed by atoms with Gasteiger partial charge in [0.25, 0.3) is 0 Å². The third kappa shape index (κ3) is 3.69. The lowest BCUT2D eigenvalue weighted by atomic mass is 9.75. The SMILES string of the molecule is CC1=CC=CC=C[C]1N=C(N)c1ccccc1CCC1=C2C=CCCC23CC3C=C1C. The van der Waals surface area contributed by atoms with E-state index in [1.807, 2.05) is 24.3 Å². The minimum absolute atomic E-state index is 0.462. The quantitative estimate of drug-likeness (QED) is 0.437. The Morgan fingerprint density at radius 2 is 1.94 bits per heavy atom. The van der Waals surface area contributed by atoms with Crippen LogP contribution in [0, 0.1) is 17.4 Å². The second-order valence-corrected chi connectivity index (χ2v) is 9.28. The normalized spacial score (nSPS) is 27.4. The number of nitrogens with two attached hydrogens (primary N) is 1. The molecule has 157 valence electrons. The van der Waals surface area contributed by atoms with E-state index < -0.39 is 0 Å². The summed E-state index contributed by atoms with van der Waals surface area (Å²) in [7, 11) is 0. The third-order valence-electron chi connectivity index (χ3n) is 7.37. The van der Waals surface area contributed by atoms with Gasteiger partial charge in [-0.3, -0.25) is 0 Å². The summed E-state index contributed by atoms with van der Waals surface area (Å²) < 4.78 is 0. The van der Waals surface area contributed by atoms with Gasteiger partial charge in [-0.05, 0) is 80.2 Å². The number of nitrogens with zero attached hydrogens (tertiary/aromatic N) is 1. The number of aliphatic imine (C=N–C) groups is 1. The van der Waals surface area contributed by atoms with Crippen molar-refractivity contribution in [3.63, 3.8) is 0 Å². The van der Waals surface area contributed by atoms with E-state index in [1.54, 1.807) is 11.1 Å². The van der Waals surface area contributed by atoms with Crippen LogP contribution in [-0.4, -0.2) is 5.84 Å². The zero-order valence-corrected chi connectivity index (χ0v) is 18.6. The molecule has 0 heterocycles. The van der Waals surface area contributed by atoms with Gasteiger partial charge in [0.1, 0.15) is 11.9 Å². The highest BCUT2D eigenvalue weighted by Crippen LogP contribution is 2.66. The van der Waals surface area contributed by atoms with Crippen LogP contribution in [0.2, 0.25) is 0 Å². The van der Waals surface area contributed by atoms with E-state index >= 15 is 0 Å². The molecule has 0 bridgehead atoms. The monoisotopic (exact) mass is 407 g/mol. The fourth-order valence-corrected chi connectivity index (χ4v) is 5.53. The summed E-state index contributed by atoms with van der Waals surface area (Å²) in [6.45, 7) is 4.37. The van der Waals surface area contributed by atoms with E-state index in [-0.39, 0.29) is 0 Å². The van der Waals surface area contributed by atoms with Crippen LogP contribution in [0.15, 0.2) is 100 Å². The van der Waals surface area contributed by atoms with Gasteiger partial charge in [0, 0.05) is 11.0 Å². The molecule has 1 aromatic carbocycles. The predicted molar refractivity (Wildman–Crippen MR) is 130 cm³/mol. The van der Waals surface area contributed by atoms with Gasteiger partial charge in [0.05, 0.1) is 0 Å². The molecule has 2 atom stereocenters. The zero-order valence-electron chi connectivity index (χ0n) is 18.6. The van der Waals surface area contributed by atoms with Crippen molar-refractivity contribution in [2.24, 2.45) is 22.1 Å². The van der Waals surface area contributed by atoms with Gasteiger partial charge in [-0.1, -0.05) is 72.4 Å². The topological polar surface area (TPSA) is 38.4 Å². The largest absolute Gasteiger partial charge is 0.383 e. The average Bonchev–Trinajstić information content (AvgIpc) is 3.50. The second kappa shape index (κ2) is 8.00. The van der Waals surface area contributed by atoms with Crippen LogP contribution < -0.4 is 5.73 Å². The van der Waals surface area contributed by atoms with Crippen LogP contribution >= 0.6 is 0 Å².